The van der Waals surface area contributed by atoms with Crippen molar-refractivity contribution in [1.29, 1.82) is 0 Å². The highest BCUT2D eigenvalue weighted by atomic mass is 79.9. The van der Waals surface area contributed by atoms with Crippen LogP contribution in [0.25, 0.3) is 0 Å². The van der Waals surface area contributed by atoms with E-state index < -0.39 is 15.9 Å². The zero-order chi connectivity index (χ0) is 24.5. The van der Waals surface area contributed by atoms with Crippen molar-refractivity contribution in [3.63, 3.8) is 0 Å². The summed E-state index contributed by atoms with van der Waals surface area (Å²) in [4.78, 5) is 12.8. The van der Waals surface area contributed by atoms with E-state index in [1.807, 2.05) is 0 Å². The lowest BCUT2D eigenvalue weighted by molar-refractivity contribution is 0.102. The molecule has 4 rings (SSSR count). The molecular formula is C22H20BrCl2FN4O3S. The predicted molar refractivity (Wildman–Crippen MR) is 132 cm³/mol. The molecule has 0 saturated carbocycles. The third-order valence-corrected chi connectivity index (χ3v) is 8.66. The fourth-order valence-corrected chi connectivity index (χ4v) is 6.43. The van der Waals surface area contributed by atoms with Gasteiger partial charge >= 0.3 is 0 Å². The summed E-state index contributed by atoms with van der Waals surface area (Å²) in [6, 6.07) is 8.45. The molecule has 1 aliphatic heterocycles. The molecule has 7 nitrogen and oxygen atoms in total. The standard InChI is InChI=1S/C22H20BrCl2FN4O3S/c23-17-13-29(12-14-4-6-15(26)7-5-14)28-21(17)27-22(31)16-10-20(19(25)11-18(16)24)34(32,33)30-8-2-1-3-9-30/h4-7,10-11,13H,1-3,8-9,12H2,(H,27,28,31). The number of carbonyl (C=O) groups excluding carboxylic acids is 1. The Morgan fingerprint density at radius 3 is 2.44 bits per heavy atom. The molecule has 0 atom stereocenters. The highest BCUT2D eigenvalue weighted by Gasteiger charge is 2.30. The van der Waals surface area contributed by atoms with E-state index in [1.54, 1.807) is 23.0 Å². The summed E-state index contributed by atoms with van der Waals surface area (Å²) in [5.41, 5.74) is 0.782. The number of halogens is 4. The van der Waals surface area contributed by atoms with Gasteiger partial charge in [-0.3, -0.25) is 9.48 Å². The quantitative estimate of drug-likeness (QED) is 0.407. The molecule has 1 aromatic heterocycles. The first-order valence-electron chi connectivity index (χ1n) is 10.4. The molecule has 3 aromatic rings. The summed E-state index contributed by atoms with van der Waals surface area (Å²) in [5, 5.41) is 6.95. The first-order valence-corrected chi connectivity index (χ1v) is 13.4. The van der Waals surface area contributed by atoms with Gasteiger partial charge in [-0.15, -0.1) is 0 Å². The molecule has 0 unspecified atom stereocenters. The lowest BCUT2D eigenvalue weighted by Gasteiger charge is -2.26. The van der Waals surface area contributed by atoms with E-state index in [0.29, 0.717) is 24.1 Å². The number of amides is 1. The Balaban J connectivity index is 1.57. The summed E-state index contributed by atoms with van der Waals surface area (Å²) in [6.45, 7) is 1.16. The van der Waals surface area contributed by atoms with Crippen LogP contribution in [-0.4, -0.2) is 41.5 Å². The van der Waals surface area contributed by atoms with Gasteiger partial charge in [0, 0.05) is 19.3 Å². The van der Waals surface area contributed by atoms with E-state index in [1.165, 1.54) is 28.6 Å². The molecule has 0 spiro atoms. The maximum atomic E-state index is 13.1. The van der Waals surface area contributed by atoms with Crippen LogP contribution in [0.2, 0.25) is 10.0 Å². The first kappa shape index (κ1) is 25.1. The Labute approximate surface area is 215 Å². The predicted octanol–water partition coefficient (Wildman–Crippen LogP) is 5.57. The number of hydrogen-bond donors (Lipinski definition) is 1. The van der Waals surface area contributed by atoms with Crippen LogP contribution in [0.4, 0.5) is 10.2 Å². The molecule has 0 bridgehead atoms. The Morgan fingerprint density at radius 1 is 1.09 bits per heavy atom. The molecular weight excluding hydrogens is 570 g/mol. The second kappa shape index (κ2) is 10.3. The minimum atomic E-state index is -3.87. The number of sulfonamides is 1. The zero-order valence-electron chi connectivity index (χ0n) is 17.8. The number of carbonyl (C=O) groups is 1. The molecule has 1 saturated heterocycles. The van der Waals surface area contributed by atoms with Crippen LogP contribution in [-0.2, 0) is 16.6 Å². The lowest BCUT2D eigenvalue weighted by atomic mass is 10.2. The molecule has 1 amide bonds. The van der Waals surface area contributed by atoms with Crippen LogP contribution in [0.1, 0.15) is 35.2 Å². The molecule has 34 heavy (non-hydrogen) atoms. The van der Waals surface area contributed by atoms with Crippen LogP contribution < -0.4 is 5.32 Å². The number of aromatic nitrogens is 2. The number of hydrogen-bond acceptors (Lipinski definition) is 4. The maximum absolute atomic E-state index is 13.1. The third kappa shape index (κ3) is 5.46. The molecule has 2 aromatic carbocycles. The van der Waals surface area contributed by atoms with Crippen molar-refractivity contribution < 1.29 is 17.6 Å². The largest absolute Gasteiger partial charge is 0.304 e. The van der Waals surface area contributed by atoms with Gasteiger partial charge in [-0.2, -0.15) is 9.40 Å². The highest BCUT2D eigenvalue weighted by molar-refractivity contribution is 9.10. The molecule has 1 N–H and O–H groups in total. The molecule has 0 radical (unpaired) electrons. The fourth-order valence-electron chi connectivity index (χ4n) is 3.66. The van der Waals surface area contributed by atoms with Gasteiger partial charge in [0.25, 0.3) is 5.91 Å². The maximum Gasteiger partial charge on any atom is 0.258 e. The molecule has 0 aliphatic carbocycles. The van der Waals surface area contributed by atoms with Gasteiger partial charge in [-0.05, 0) is 58.6 Å². The van der Waals surface area contributed by atoms with Crippen LogP contribution in [0, 0.1) is 5.82 Å². The van der Waals surface area contributed by atoms with E-state index in [4.69, 9.17) is 23.2 Å². The van der Waals surface area contributed by atoms with Crippen molar-refractivity contribution in [2.45, 2.75) is 30.7 Å². The van der Waals surface area contributed by atoms with Crippen LogP contribution in [0.15, 0.2) is 52.0 Å². The summed E-state index contributed by atoms with van der Waals surface area (Å²) >= 11 is 15.8. The summed E-state index contributed by atoms with van der Waals surface area (Å²) in [7, 11) is -3.87. The second-order valence-electron chi connectivity index (χ2n) is 7.83. The Morgan fingerprint density at radius 2 is 1.76 bits per heavy atom. The first-order chi connectivity index (χ1) is 16.1. The number of rotatable bonds is 6. The average Bonchev–Trinajstić information content (AvgIpc) is 3.14. The van der Waals surface area contributed by atoms with Gasteiger partial charge in [0.15, 0.2) is 5.82 Å². The SMILES string of the molecule is O=C(Nc1nn(Cc2ccc(F)cc2)cc1Br)c1cc(S(=O)(=O)N2CCCCC2)c(Cl)cc1Cl. The Hall–Kier alpha value is -1.98. The molecule has 2 heterocycles. The molecule has 1 aliphatic rings. The van der Waals surface area contributed by atoms with Gasteiger partial charge in [-0.25, -0.2) is 12.8 Å². The summed E-state index contributed by atoms with van der Waals surface area (Å²) in [6.07, 6.45) is 4.17. The second-order valence-corrected chi connectivity index (χ2v) is 11.4. The van der Waals surface area contributed by atoms with Crippen molar-refractivity contribution >= 4 is 60.9 Å². The van der Waals surface area contributed by atoms with Crippen LogP contribution in [0.5, 0.6) is 0 Å². The van der Waals surface area contributed by atoms with Gasteiger partial charge in [0.1, 0.15) is 10.7 Å². The van der Waals surface area contributed by atoms with Crippen molar-refractivity contribution in [1.82, 2.24) is 14.1 Å². The monoisotopic (exact) mass is 588 g/mol. The normalized spacial score (nSPS) is 14.8. The number of nitrogens with zero attached hydrogens (tertiary/aromatic N) is 3. The number of benzene rings is 2. The smallest absolute Gasteiger partial charge is 0.258 e. The van der Waals surface area contributed by atoms with Gasteiger partial charge in [-0.1, -0.05) is 41.8 Å². The van der Waals surface area contributed by atoms with Crippen molar-refractivity contribution in [3.05, 3.63) is 74.1 Å². The number of piperidine rings is 1. The lowest BCUT2D eigenvalue weighted by Crippen LogP contribution is -2.35. The number of nitrogens with one attached hydrogen (secondary N) is 1. The van der Waals surface area contributed by atoms with Crippen LogP contribution >= 0.6 is 39.1 Å². The van der Waals surface area contributed by atoms with E-state index in [0.717, 1.165) is 24.8 Å². The Bertz CT molecular complexity index is 1330. The number of anilines is 1. The molecule has 180 valence electrons. The molecule has 1 fully saturated rings. The van der Waals surface area contributed by atoms with Crippen molar-refractivity contribution in [2.75, 3.05) is 18.4 Å². The average molecular weight is 590 g/mol. The van der Waals surface area contributed by atoms with Gasteiger partial charge in [0.05, 0.1) is 26.6 Å². The summed E-state index contributed by atoms with van der Waals surface area (Å²) < 4.78 is 42.8. The fraction of sp³-hybridized carbons (Fsp3) is 0.273. The van der Waals surface area contributed by atoms with Gasteiger partial charge in [0.2, 0.25) is 10.0 Å². The van der Waals surface area contributed by atoms with E-state index >= 15 is 0 Å². The van der Waals surface area contributed by atoms with Crippen molar-refractivity contribution in [3.8, 4) is 0 Å². The summed E-state index contributed by atoms with van der Waals surface area (Å²) in [5.74, 6) is -0.747. The minimum Gasteiger partial charge on any atom is -0.304 e. The van der Waals surface area contributed by atoms with Crippen molar-refractivity contribution in [2.24, 2.45) is 0 Å². The third-order valence-electron chi connectivity index (χ3n) is 5.41. The molecule has 12 heteroatoms. The topological polar surface area (TPSA) is 84.3 Å². The van der Waals surface area contributed by atoms with Crippen LogP contribution in [0.3, 0.4) is 0 Å². The highest BCUT2D eigenvalue weighted by Crippen LogP contribution is 2.32. The Kier molecular flexibility index (Phi) is 7.63. The van der Waals surface area contributed by atoms with E-state index in [9.17, 15) is 17.6 Å². The van der Waals surface area contributed by atoms with E-state index in [-0.39, 0.29) is 32.1 Å². The van der Waals surface area contributed by atoms with Gasteiger partial charge < -0.3 is 5.32 Å². The zero-order valence-corrected chi connectivity index (χ0v) is 21.7. The minimum absolute atomic E-state index is 0.0157. The van der Waals surface area contributed by atoms with E-state index in [2.05, 4.69) is 26.3 Å².